The van der Waals surface area contributed by atoms with Crippen molar-refractivity contribution < 1.29 is 4.79 Å². The van der Waals surface area contributed by atoms with Crippen LogP contribution in [0.3, 0.4) is 0 Å². The third-order valence-electron chi connectivity index (χ3n) is 4.13. The Balaban J connectivity index is 1.54. The molecule has 0 heterocycles. The Bertz CT molecular complexity index is 878. The molecule has 0 radical (unpaired) electrons. The van der Waals surface area contributed by atoms with Crippen molar-refractivity contribution in [1.82, 2.24) is 4.90 Å². The van der Waals surface area contributed by atoms with E-state index in [0.717, 1.165) is 29.4 Å². The highest BCUT2D eigenvalue weighted by atomic mass is 32.2. The van der Waals surface area contributed by atoms with Gasteiger partial charge < -0.3 is 15.5 Å². The lowest BCUT2D eigenvalue weighted by molar-refractivity contribution is 0.102. The molecule has 3 rings (SSSR count). The summed E-state index contributed by atoms with van der Waals surface area (Å²) in [5, 5.41) is 6.30. The Morgan fingerprint density at radius 3 is 2.07 bits per heavy atom. The highest BCUT2D eigenvalue weighted by Gasteiger charge is 2.07. The number of nitrogens with one attached hydrogen (secondary N) is 2. The molecule has 0 saturated heterocycles. The number of carbonyl (C=O) groups is 1. The third kappa shape index (κ3) is 6.15. The summed E-state index contributed by atoms with van der Waals surface area (Å²) in [6.07, 6.45) is 0. The van der Waals surface area contributed by atoms with Crippen molar-refractivity contribution in [2.45, 2.75) is 9.79 Å². The summed E-state index contributed by atoms with van der Waals surface area (Å²) in [5.41, 5.74) is 2.47. The van der Waals surface area contributed by atoms with Gasteiger partial charge in [-0.2, -0.15) is 0 Å². The first-order chi connectivity index (χ1) is 13.6. The molecular formula is C23H25N3OS. The van der Waals surface area contributed by atoms with Crippen LogP contribution in [0.5, 0.6) is 0 Å². The number of nitrogens with zero attached hydrogens (tertiary/aromatic N) is 1. The molecule has 0 aliphatic rings. The van der Waals surface area contributed by atoms with E-state index in [1.54, 1.807) is 11.8 Å². The van der Waals surface area contributed by atoms with Gasteiger partial charge in [0.15, 0.2) is 0 Å². The molecule has 0 aliphatic heterocycles. The van der Waals surface area contributed by atoms with Gasteiger partial charge in [-0.3, -0.25) is 4.79 Å². The molecule has 0 saturated carbocycles. The first kappa shape index (κ1) is 20.0. The topological polar surface area (TPSA) is 44.4 Å². The van der Waals surface area contributed by atoms with E-state index in [2.05, 4.69) is 27.7 Å². The maximum atomic E-state index is 12.5. The maximum Gasteiger partial charge on any atom is 0.255 e. The molecule has 144 valence electrons. The summed E-state index contributed by atoms with van der Waals surface area (Å²) >= 11 is 1.68. The van der Waals surface area contributed by atoms with Crippen LogP contribution in [0, 0.1) is 0 Å². The highest BCUT2D eigenvalue weighted by Crippen LogP contribution is 2.27. The number of benzene rings is 3. The standard InChI is InChI=1S/C23H25N3OS/c1-26(2)17-16-24-19-10-12-20(13-11-19)25-23(27)18-8-14-22(15-9-18)28-21-6-4-3-5-7-21/h3-15,24H,16-17H2,1-2H3,(H,25,27). The molecule has 0 spiro atoms. The van der Waals surface area contributed by atoms with Crippen molar-refractivity contribution in [3.05, 3.63) is 84.4 Å². The number of rotatable bonds is 8. The van der Waals surface area contributed by atoms with Crippen LogP contribution in [0.15, 0.2) is 88.7 Å². The molecule has 3 aromatic rings. The third-order valence-corrected chi connectivity index (χ3v) is 5.14. The van der Waals surface area contributed by atoms with Crippen LogP contribution in [0.25, 0.3) is 0 Å². The van der Waals surface area contributed by atoms with Gasteiger partial charge in [0.2, 0.25) is 0 Å². The van der Waals surface area contributed by atoms with Crippen molar-refractivity contribution in [3.63, 3.8) is 0 Å². The predicted molar refractivity (Wildman–Crippen MR) is 118 cm³/mol. The molecule has 0 unspecified atom stereocenters. The van der Waals surface area contributed by atoms with Crippen molar-refractivity contribution >= 4 is 29.0 Å². The summed E-state index contributed by atoms with van der Waals surface area (Å²) in [7, 11) is 4.10. The van der Waals surface area contributed by atoms with Crippen LogP contribution in [0.2, 0.25) is 0 Å². The number of likely N-dealkylation sites (N-methyl/N-ethyl adjacent to an activating group) is 1. The van der Waals surface area contributed by atoms with Crippen LogP contribution < -0.4 is 10.6 Å². The van der Waals surface area contributed by atoms with E-state index >= 15 is 0 Å². The minimum absolute atomic E-state index is 0.107. The average molecular weight is 392 g/mol. The van der Waals surface area contributed by atoms with E-state index in [4.69, 9.17) is 0 Å². The summed E-state index contributed by atoms with van der Waals surface area (Å²) in [6, 6.07) is 25.6. The Morgan fingerprint density at radius 2 is 1.43 bits per heavy atom. The first-order valence-corrected chi connectivity index (χ1v) is 10.0. The van der Waals surface area contributed by atoms with E-state index in [1.807, 2.05) is 80.8 Å². The Morgan fingerprint density at radius 1 is 0.821 bits per heavy atom. The Labute approximate surface area is 171 Å². The predicted octanol–water partition coefficient (Wildman–Crippen LogP) is 5.06. The lowest BCUT2D eigenvalue weighted by Gasteiger charge is -2.12. The molecule has 0 aliphatic carbocycles. The van der Waals surface area contributed by atoms with Gasteiger partial charge in [0.05, 0.1) is 0 Å². The summed E-state index contributed by atoms with van der Waals surface area (Å²) < 4.78 is 0. The van der Waals surface area contributed by atoms with Gasteiger partial charge in [0.1, 0.15) is 0 Å². The maximum absolute atomic E-state index is 12.5. The van der Waals surface area contributed by atoms with Gasteiger partial charge in [-0.15, -0.1) is 0 Å². The zero-order chi connectivity index (χ0) is 19.8. The highest BCUT2D eigenvalue weighted by molar-refractivity contribution is 7.99. The van der Waals surface area contributed by atoms with Gasteiger partial charge in [-0.05, 0) is 74.8 Å². The molecule has 0 atom stereocenters. The summed E-state index contributed by atoms with van der Waals surface area (Å²) in [4.78, 5) is 16.9. The van der Waals surface area contributed by atoms with Crippen molar-refractivity contribution in [2.75, 3.05) is 37.8 Å². The minimum atomic E-state index is -0.107. The molecule has 28 heavy (non-hydrogen) atoms. The number of anilines is 2. The zero-order valence-electron chi connectivity index (χ0n) is 16.2. The van der Waals surface area contributed by atoms with Gasteiger partial charge in [-0.1, -0.05) is 30.0 Å². The van der Waals surface area contributed by atoms with Crippen molar-refractivity contribution in [3.8, 4) is 0 Å². The second-order valence-electron chi connectivity index (χ2n) is 6.70. The SMILES string of the molecule is CN(C)CCNc1ccc(NC(=O)c2ccc(Sc3ccccc3)cc2)cc1. The van der Waals surface area contributed by atoms with E-state index in [0.29, 0.717) is 5.56 Å². The van der Waals surface area contributed by atoms with Crippen LogP contribution >= 0.6 is 11.8 Å². The lowest BCUT2D eigenvalue weighted by Crippen LogP contribution is -2.20. The van der Waals surface area contributed by atoms with Gasteiger partial charge >= 0.3 is 0 Å². The molecule has 4 nitrogen and oxygen atoms in total. The molecule has 0 fully saturated rings. The van der Waals surface area contributed by atoms with E-state index in [1.165, 1.54) is 4.90 Å². The van der Waals surface area contributed by atoms with Crippen LogP contribution in [-0.4, -0.2) is 38.0 Å². The molecule has 3 aromatic carbocycles. The summed E-state index contributed by atoms with van der Waals surface area (Å²) in [5.74, 6) is -0.107. The normalized spacial score (nSPS) is 10.7. The monoisotopic (exact) mass is 391 g/mol. The number of amides is 1. The average Bonchev–Trinajstić information content (AvgIpc) is 2.70. The molecule has 0 bridgehead atoms. The van der Waals surface area contributed by atoms with Crippen molar-refractivity contribution in [2.24, 2.45) is 0 Å². The minimum Gasteiger partial charge on any atom is -0.384 e. The second-order valence-corrected chi connectivity index (χ2v) is 7.85. The zero-order valence-corrected chi connectivity index (χ0v) is 17.0. The van der Waals surface area contributed by atoms with E-state index < -0.39 is 0 Å². The largest absolute Gasteiger partial charge is 0.384 e. The number of hydrogen-bond donors (Lipinski definition) is 2. The molecular weight excluding hydrogens is 366 g/mol. The molecule has 5 heteroatoms. The summed E-state index contributed by atoms with van der Waals surface area (Å²) in [6.45, 7) is 1.85. The number of carbonyl (C=O) groups excluding carboxylic acids is 1. The smallest absolute Gasteiger partial charge is 0.255 e. The quantitative estimate of drug-likeness (QED) is 0.563. The second kappa shape index (κ2) is 9.97. The van der Waals surface area contributed by atoms with Gasteiger partial charge in [0, 0.05) is 39.8 Å². The van der Waals surface area contributed by atoms with Crippen LogP contribution in [-0.2, 0) is 0 Å². The Hall–Kier alpha value is -2.76. The van der Waals surface area contributed by atoms with Crippen molar-refractivity contribution in [1.29, 1.82) is 0 Å². The Kier molecular flexibility index (Phi) is 7.12. The first-order valence-electron chi connectivity index (χ1n) is 9.23. The fourth-order valence-electron chi connectivity index (χ4n) is 2.60. The number of hydrogen-bond acceptors (Lipinski definition) is 4. The molecule has 2 N–H and O–H groups in total. The molecule has 0 aromatic heterocycles. The molecule has 1 amide bonds. The van der Waals surface area contributed by atoms with E-state index in [-0.39, 0.29) is 5.91 Å². The lowest BCUT2D eigenvalue weighted by atomic mass is 10.2. The van der Waals surface area contributed by atoms with E-state index in [9.17, 15) is 4.79 Å². The fourth-order valence-corrected chi connectivity index (χ4v) is 3.44. The van der Waals surface area contributed by atoms with Crippen LogP contribution in [0.4, 0.5) is 11.4 Å². The van der Waals surface area contributed by atoms with Crippen LogP contribution in [0.1, 0.15) is 10.4 Å². The van der Waals surface area contributed by atoms with Gasteiger partial charge in [-0.25, -0.2) is 0 Å². The fraction of sp³-hybridized carbons (Fsp3) is 0.174. The van der Waals surface area contributed by atoms with Gasteiger partial charge in [0.25, 0.3) is 5.91 Å².